The summed E-state index contributed by atoms with van der Waals surface area (Å²) in [7, 11) is 0. The number of Topliss-reactive ketones (excluding diaryl/α,β-unsaturated/α-hetero) is 1. The maximum atomic E-state index is 13.0. The first-order chi connectivity index (χ1) is 14.5. The number of hydrogen-bond donors (Lipinski definition) is 0. The fourth-order valence-corrected chi connectivity index (χ4v) is 4.09. The lowest BCUT2D eigenvalue weighted by atomic mass is 10.1. The molecule has 3 heterocycles. The number of ketones is 1. The fraction of sp³-hybridized carbons (Fsp3) is 0.292. The van der Waals surface area contributed by atoms with Crippen molar-refractivity contribution >= 4 is 11.7 Å². The molecule has 30 heavy (non-hydrogen) atoms. The Hall–Kier alpha value is -3.25. The van der Waals surface area contributed by atoms with E-state index in [1.807, 2.05) is 55.1 Å². The van der Waals surface area contributed by atoms with Crippen molar-refractivity contribution in [3.8, 4) is 5.69 Å². The van der Waals surface area contributed by atoms with E-state index in [0.29, 0.717) is 38.3 Å². The van der Waals surface area contributed by atoms with Crippen molar-refractivity contribution in [1.29, 1.82) is 0 Å². The molecule has 1 aromatic carbocycles. The van der Waals surface area contributed by atoms with Crippen molar-refractivity contribution in [2.45, 2.75) is 13.8 Å². The molecule has 0 N–H and O–H groups in total. The van der Waals surface area contributed by atoms with Crippen molar-refractivity contribution in [2.75, 3.05) is 32.7 Å². The van der Waals surface area contributed by atoms with E-state index in [0.717, 1.165) is 22.6 Å². The minimum atomic E-state index is 0.000447. The Bertz CT molecular complexity index is 1040. The number of carbonyl (C=O) groups is 2. The van der Waals surface area contributed by atoms with Crippen molar-refractivity contribution < 1.29 is 9.59 Å². The van der Waals surface area contributed by atoms with Gasteiger partial charge in [-0.15, -0.1) is 0 Å². The molecule has 0 bridgehead atoms. The van der Waals surface area contributed by atoms with E-state index in [9.17, 15) is 9.59 Å². The number of aromatic nitrogens is 2. The summed E-state index contributed by atoms with van der Waals surface area (Å²) in [5.74, 6) is 0.123. The van der Waals surface area contributed by atoms with E-state index < -0.39 is 0 Å². The summed E-state index contributed by atoms with van der Waals surface area (Å²) < 4.78 is 2.12. The molecule has 1 aliphatic rings. The van der Waals surface area contributed by atoms with E-state index in [1.165, 1.54) is 0 Å². The topological polar surface area (TPSA) is 58.4 Å². The maximum Gasteiger partial charge on any atom is 0.255 e. The molecule has 1 amide bonds. The molecule has 3 aromatic rings. The Labute approximate surface area is 176 Å². The van der Waals surface area contributed by atoms with Crippen LogP contribution in [0.25, 0.3) is 5.69 Å². The van der Waals surface area contributed by atoms with Crippen LogP contribution in [-0.2, 0) is 0 Å². The van der Waals surface area contributed by atoms with Gasteiger partial charge in [-0.3, -0.25) is 19.5 Å². The average Bonchev–Trinajstić information content (AvgIpc) is 3.09. The van der Waals surface area contributed by atoms with Crippen molar-refractivity contribution in [3.63, 3.8) is 0 Å². The number of rotatable bonds is 5. The molecule has 6 nitrogen and oxygen atoms in total. The van der Waals surface area contributed by atoms with Crippen molar-refractivity contribution in [2.24, 2.45) is 0 Å². The van der Waals surface area contributed by atoms with Gasteiger partial charge in [0.2, 0.25) is 0 Å². The molecule has 2 aromatic heterocycles. The Morgan fingerprint density at radius 2 is 1.70 bits per heavy atom. The van der Waals surface area contributed by atoms with Gasteiger partial charge in [0.1, 0.15) is 0 Å². The number of aryl methyl sites for hydroxylation is 1. The van der Waals surface area contributed by atoms with Gasteiger partial charge in [0, 0.05) is 61.2 Å². The normalized spacial score (nSPS) is 14.7. The molecular formula is C24H26N4O2. The van der Waals surface area contributed by atoms with Gasteiger partial charge < -0.3 is 9.47 Å². The zero-order chi connectivity index (χ0) is 21.1. The highest BCUT2D eigenvalue weighted by Gasteiger charge is 2.25. The quantitative estimate of drug-likeness (QED) is 0.616. The van der Waals surface area contributed by atoms with Crippen LogP contribution in [0.15, 0.2) is 60.9 Å². The van der Waals surface area contributed by atoms with Crippen LogP contribution in [0.2, 0.25) is 0 Å². The predicted molar refractivity (Wildman–Crippen MR) is 116 cm³/mol. The van der Waals surface area contributed by atoms with Gasteiger partial charge in [-0.2, -0.15) is 0 Å². The Kier molecular flexibility index (Phi) is 5.77. The molecule has 4 rings (SSSR count). The molecule has 0 aliphatic carbocycles. The summed E-state index contributed by atoms with van der Waals surface area (Å²) in [4.78, 5) is 33.6. The number of benzene rings is 1. The van der Waals surface area contributed by atoms with E-state index in [-0.39, 0.29) is 11.7 Å². The summed E-state index contributed by atoms with van der Waals surface area (Å²) in [6.07, 6.45) is 3.26. The predicted octanol–water partition coefficient (Wildman–Crippen LogP) is 3.13. The Balaban J connectivity index is 1.39. The monoisotopic (exact) mass is 402 g/mol. The molecule has 0 atom stereocenters. The molecule has 154 valence electrons. The van der Waals surface area contributed by atoms with Gasteiger partial charge in [-0.25, -0.2) is 0 Å². The van der Waals surface area contributed by atoms with Gasteiger partial charge in [-0.1, -0.05) is 18.2 Å². The van der Waals surface area contributed by atoms with E-state index in [2.05, 4.69) is 14.5 Å². The van der Waals surface area contributed by atoms with Crippen LogP contribution in [0.3, 0.4) is 0 Å². The summed E-state index contributed by atoms with van der Waals surface area (Å²) in [6, 6.07) is 15.6. The highest BCUT2D eigenvalue weighted by Crippen LogP contribution is 2.21. The third-order valence-corrected chi connectivity index (χ3v) is 5.68. The summed E-state index contributed by atoms with van der Waals surface area (Å²) in [5, 5.41) is 0. The molecule has 0 saturated carbocycles. The van der Waals surface area contributed by atoms with Crippen LogP contribution >= 0.6 is 0 Å². The second kappa shape index (κ2) is 8.63. The van der Waals surface area contributed by atoms with E-state index >= 15 is 0 Å². The maximum absolute atomic E-state index is 13.0. The second-order valence-electron chi connectivity index (χ2n) is 7.69. The zero-order valence-corrected chi connectivity index (χ0v) is 17.4. The number of nitrogens with zero attached hydrogens (tertiary/aromatic N) is 4. The van der Waals surface area contributed by atoms with E-state index in [1.54, 1.807) is 24.5 Å². The standard InChI is InChI=1S/C24H26N4O2/c1-18-15-22(19(2)28(18)21-8-4-3-5-9-21)23(29)17-26-11-13-27(14-12-26)24(30)20-7-6-10-25-16-20/h3-10,15-16H,11-14,17H2,1-2H3. The highest BCUT2D eigenvalue weighted by atomic mass is 16.2. The van der Waals surface area contributed by atoms with Gasteiger partial charge >= 0.3 is 0 Å². The van der Waals surface area contributed by atoms with Crippen molar-refractivity contribution in [3.05, 3.63) is 83.4 Å². The van der Waals surface area contributed by atoms with Gasteiger partial charge in [0.15, 0.2) is 5.78 Å². The molecule has 1 aliphatic heterocycles. The van der Waals surface area contributed by atoms with Gasteiger partial charge in [-0.05, 0) is 44.2 Å². The molecular weight excluding hydrogens is 376 g/mol. The molecule has 0 unspecified atom stereocenters. The highest BCUT2D eigenvalue weighted by molar-refractivity contribution is 5.99. The first-order valence-corrected chi connectivity index (χ1v) is 10.2. The largest absolute Gasteiger partial charge is 0.336 e. The molecule has 6 heteroatoms. The number of piperazine rings is 1. The average molecular weight is 402 g/mol. The second-order valence-corrected chi connectivity index (χ2v) is 7.69. The van der Waals surface area contributed by atoms with Crippen molar-refractivity contribution in [1.82, 2.24) is 19.4 Å². The third kappa shape index (κ3) is 4.04. The van der Waals surface area contributed by atoms with Crippen LogP contribution in [-0.4, -0.2) is 63.8 Å². The first-order valence-electron chi connectivity index (χ1n) is 10.2. The van der Waals surface area contributed by atoms with Crippen LogP contribution in [0.4, 0.5) is 0 Å². The van der Waals surface area contributed by atoms with Crippen LogP contribution in [0.1, 0.15) is 32.1 Å². The lowest BCUT2D eigenvalue weighted by molar-refractivity contribution is 0.0624. The summed E-state index contributed by atoms with van der Waals surface area (Å²) in [5.41, 5.74) is 4.46. The third-order valence-electron chi connectivity index (χ3n) is 5.68. The SMILES string of the molecule is Cc1cc(C(=O)CN2CCN(C(=O)c3cccnc3)CC2)c(C)n1-c1ccccc1. The lowest BCUT2D eigenvalue weighted by Gasteiger charge is -2.34. The molecule has 1 fully saturated rings. The van der Waals surface area contributed by atoms with Gasteiger partial charge in [0.05, 0.1) is 12.1 Å². The number of pyridine rings is 1. The zero-order valence-electron chi connectivity index (χ0n) is 17.4. The number of hydrogen-bond acceptors (Lipinski definition) is 4. The Morgan fingerprint density at radius 3 is 2.37 bits per heavy atom. The number of amides is 1. The minimum Gasteiger partial charge on any atom is -0.336 e. The first kappa shape index (κ1) is 20.0. The van der Waals surface area contributed by atoms with E-state index in [4.69, 9.17) is 0 Å². The van der Waals surface area contributed by atoms with Crippen LogP contribution in [0.5, 0.6) is 0 Å². The van der Waals surface area contributed by atoms with Crippen LogP contribution < -0.4 is 0 Å². The summed E-state index contributed by atoms with van der Waals surface area (Å²) >= 11 is 0. The molecule has 0 spiro atoms. The molecule has 1 saturated heterocycles. The number of para-hydroxylation sites is 1. The van der Waals surface area contributed by atoms with Gasteiger partial charge in [0.25, 0.3) is 5.91 Å². The summed E-state index contributed by atoms with van der Waals surface area (Å²) in [6.45, 7) is 7.00. The lowest BCUT2D eigenvalue weighted by Crippen LogP contribution is -2.49. The van der Waals surface area contributed by atoms with Crippen LogP contribution in [0, 0.1) is 13.8 Å². The Morgan fingerprint density at radius 1 is 0.967 bits per heavy atom. The molecule has 0 radical (unpaired) electrons. The fourth-order valence-electron chi connectivity index (χ4n) is 4.09. The number of carbonyl (C=O) groups excluding carboxylic acids is 2. The smallest absolute Gasteiger partial charge is 0.255 e. The minimum absolute atomic E-state index is 0.000447.